The molecule has 2 aliphatic rings. The smallest absolute Gasteiger partial charge is 0.125 e. The van der Waals surface area contributed by atoms with Gasteiger partial charge >= 0.3 is 0 Å². The SMILES string of the molecule is CCCNC1CC(C2CCSC2)Oc2cc(Br)ccc21. The number of hydrogen-bond acceptors (Lipinski definition) is 3. The predicted octanol–water partition coefficient (Wildman–Crippen LogP) is 4.39. The molecule has 0 spiro atoms. The van der Waals surface area contributed by atoms with E-state index in [0.29, 0.717) is 12.1 Å². The van der Waals surface area contributed by atoms with Crippen molar-refractivity contribution in [2.45, 2.75) is 38.3 Å². The second-order valence-corrected chi connectivity index (χ2v) is 7.77. The summed E-state index contributed by atoms with van der Waals surface area (Å²) in [6, 6.07) is 6.90. The van der Waals surface area contributed by atoms with Crippen LogP contribution in [0.15, 0.2) is 22.7 Å². The molecular weight excluding hydrogens is 334 g/mol. The molecule has 1 aromatic carbocycles. The molecule has 2 heterocycles. The Kier molecular flexibility index (Phi) is 4.95. The Morgan fingerprint density at radius 3 is 3.10 bits per heavy atom. The van der Waals surface area contributed by atoms with Crippen molar-refractivity contribution in [3.05, 3.63) is 28.2 Å². The molecule has 1 saturated heterocycles. The summed E-state index contributed by atoms with van der Waals surface area (Å²) in [6.07, 6.45) is 3.97. The van der Waals surface area contributed by atoms with Crippen LogP contribution in [-0.4, -0.2) is 24.2 Å². The Bertz CT molecular complexity index is 462. The highest BCUT2D eigenvalue weighted by molar-refractivity contribution is 9.10. The van der Waals surface area contributed by atoms with Crippen molar-refractivity contribution >= 4 is 27.7 Å². The molecule has 1 fully saturated rings. The van der Waals surface area contributed by atoms with E-state index < -0.39 is 0 Å². The average molecular weight is 356 g/mol. The first kappa shape index (κ1) is 14.7. The van der Waals surface area contributed by atoms with Gasteiger partial charge < -0.3 is 10.1 Å². The van der Waals surface area contributed by atoms with Gasteiger partial charge in [-0.05, 0) is 43.0 Å². The number of nitrogens with one attached hydrogen (secondary N) is 1. The molecule has 0 aliphatic carbocycles. The van der Waals surface area contributed by atoms with Gasteiger partial charge in [-0.15, -0.1) is 0 Å². The molecule has 4 heteroatoms. The lowest BCUT2D eigenvalue weighted by Crippen LogP contribution is -2.37. The van der Waals surface area contributed by atoms with E-state index in [4.69, 9.17) is 4.74 Å². The lowest BCUT2D eigenvalue weighted by Gasteiger charge is -2.35. The number of benzene rings is 1. The number of thioether (sulfide) groups is 1. The van der Waals surface area contributed by atoms with Crippen LogP contribution < -0.4 is 10.1 Å². The first-order valence-electron chi connectivity index (χ1n) is 7.55. The number of hydrogen-bond donors (Lipinski definition) is 1. The monoisotopic (exact) mass is 355 g/mol. The van der Waals surface area contributed by atoms with E-state index in [1.165, 1.54) is 29.9 Å². The van der Waals surface area contributed by atoms with Crippen LogP contribution in [0, 0.1) is 5.92 Å². The zero-order valence-electron chi connectivity index (χ0n) is 11.9. The predicted molar refractivity (Wildman–Crippen MR) is 89.6 cm³/mol. The van der Waals surface area contributed by atoms with Crippen LogP contribution in [0.4, 0.5) is 0 Å². The molecule has 0 amide bonds. The standard InChI is InChI=1S/C16H22BrNOS/c1-2-6-18-14-9-15(11-5-7-20-10-11)19-16-8-12(17)3-4-13(14)16/h3-4,8,11,14-15,18H,2,5-7,9-10H2,1H3. The Balaban J connectivity index is 1.82. The minimum Gasteiger partial charge on any atom is -0.490 e. The van der Waals surface area contributed by atoms with Gasteiger partial charge in [-0.2, -0.15) is 11.8 Å². The summed E-state index contributed by atoms with van der Waals surface area (Å²) in [7, 11) is 0. The summed E-state index contributed by atoms with van der Waals surface area (Å²) < 4.78 is 7.43. The molecule has 3 atom stereocenters. The minimum atomic E-state index is 0.376. The van der Waals surface area contributed by atoms with Crippen molar-refractivity contribution in [3.8, 4) is 5.75 Å². The van der Waals surface area contributed by atoms with Crippen molar-refractivity contribution in [1.29, 1.82) is 0 Å². The van der Waals surface area contributed by atoms with Gasteiger partial charge in [0.05, 0.1) is 0 Å². The van der Waals surface area contributed by atoms with E-state index in [9.17, 15) is 0 Å². The molecule has 0 radical (unpaired) electrons. The van der Waals surface area contributed by atoms with Gasteiger partial charge in [-0.1, -0.05) is 28.9 Å². The highest BCUT2D eigenvalue weighted by atomic mass is 79.9. The highest BCUT2D eigenvalue weighted by Crippen LogP contribution is 2.41. The Hall–Kier alpha value is -0.190. The quantitative estimate of drug-likeness (QED) is 0.864. The van der Waals surface area contributed by atoms with Gasteiger partial charge in [0.15, 0.2) is 0 Å². The molecule has 0 aromatic heterocycles. The zero-order valence-corrected chi connectivity index (χ0v) is 14.3. The second kappa shape index (κ2) is 6.71. The highest BCUT2D eigenvalue weighted by Gasteiger charge is 2.34. The Labute approximate surface area is 134 Å². The summed E-state index contributed by atoms with van der Waals surface area (Å²) in [4.78, 5) is 0. The van der Waals surface area contributed by atoms with E-state index in [1.54, 1.807) is 0 Å². The van der Waals surface area contributed by atoms with Crippen molar-refractivity contribution in [3.63, 3.8) is 0 Å². The zero-order chi connectivity index (χ0) is 13.9. The summed E-state index contributed by atoms with van der Waals surface area (Å²) in [6.45, 7) is 3.30. The number of halogens is 1. The summed E-state index contributed by atoms with van der Waals surface area (Å²) in [5, 5.41) is 3.70. The van der Waals surface area contributed by atoms with Crippen LogP contribution in [0.2, 0.25) is 0 Å². The van der Waals surface area contributed by atoms with Crippen LogP contribution in [0.5, 0.6) is 5.75 Å². The molecule has 2 aliphatic heterocycles. The third kappa shape index (κ3) is 3.18. The number of ether oxygens (including phenoxy) is 1. The first-order valence-corrected chi connectivity index (χ1v) is 9.50. The van der Waals surface area contributed by atoms with Crippen LogP contribution in [-0.2, 0) is 0 Å². The van der Waals surface area contributed by atoms with Gasteiger partial charge in [0, 0.05) is 28.4 Å². The largest absolute Gasteiger partial charge is 0.490 e. The lowest BCUT2D eigenvalue weighted by molar-refractivity contribution is 0.103. The summed E-state index contributed by atoms with van der Waals surface area (Å²) in [5.74, 6) is 4.34. The topological polar surface area (TPSA) is 21.3 Å². The van der Waals surface area contributed by atoms with Gasteiger partial charge in [-0.3, -0.25) is 0 Å². The van der Waals surface area contributed by atoms with Gasteiger partial charge in [0.25, 0.3) is 0 Å². The summed E-state index contributed by atoms with van der Waals surface area (Å²) >= 11 is 5.63. The van der Waals surface area contributed by atoms with Crippen LogP contribution in [0.3, 0.4) is 0 Å². The van der Waals surface area contributed by atoms with E-state index in [2.05, 4.69) is 58.1 Å². The van der Waals surface area contributed by atoms with Crippen molar-refractivity contribution in [2.24, 2.45) is 5.92 Å². The fourth-order valence-electron chi connectivity index (χ4n) is 3.12. The third-order valence-corrected chi connectivity index (χ3v) is 5.91. The molecule has 20 heavy (non-hydrogen) atoms. The second-order valence-electron chi connectivity index (χ2n) is 5.70. The molecule has 0 bridgehead atoms. The first-order chi connectivity index (χ1) is 9.78. The third-order valence-electron chi connectivity index (χ3n) is 4.23. The Morgan fingerprint density at radius 2 is 2.35 bits per heavy atom. The molecule has 110 valence electrons. The Morgan fingerprint density at radius 1 is 1.45 bits per heavy atom. The molecule has 1 aromatic rings. The molecule has 2 nitrogen and oxygen atoms in total. The van der Waals surface area contributed by atoms with E-state index in [1.807, 2.05) is 0 Å². The molecule has 0 saturated carbocycles. The van der Waals surface area contributed by atoms with E-state index in [-0.39, 0.29) is 0 Å². The molecular formula is C16H22BrNOS. The maximum absolute atomic E-state index is 6.32. The summed E-state index contributed by atoms with van der Waals surface area (Å²) in [5.41, 5.74) is 1.32. The molecule has 3 unspecified atom stereocenters. The molecule has 3 rings (SSSR count). The minimum absolute atomic E-state index is 0.376. The average Bonchev–Trinajstić information content (AvgIpc) is 2.98. The number of fused-ring (bicyclic) bond motifs is 1. The van der Waals surface area contributed by atoms with Crippen molar-refractivity contribution in [1.82, 2.24) is 5.32 Å². The van der Waals surface area contributed by atoms with E-state index >= 15 is 0 Å². The fourth-order valence-corrected chi connectivity index (χ4v) is 4.78. The maximum Gasteiger partial charge on any atom is 0.125 e. The van der Waals surface area contributed by atoms with Crippen molar-refractivity contribution < 1.29 is 4.74 Å². The van der Waals surface area contributed by atoms with Crippen LogP contribution in [0.1, 0.15) is 37.8 Å². The van der Waals surface area contributed by atoms with Crippen LogP contribution in [0.25, 0.3) is 0 Å². The van der Waals surface area contributed by atoms with E-state index in [0.717, 1.165) is 29.1 Å². The molecule has 1 N–H and O–H groups in total. The van der Waals surface area contributed by atoms with Crippen molar-refractivity contribution in [2.75, 3.05) is 18.1 Å². The van der Waals surface area contributed by atoms with Gasteiger partial charge in [0.2, 0.25) is 0 Å². The fraction of sp³-hybridized carbons (Fsp3) is 0.625. The normalized spacial score (nSPS) is 29.0. The number of rotatable bonds is 4. The van der Waals surface area contributed by atoms with Gasteiger partial charge in [-0.25, -0.2) is 0 Å². The lowest BCUT2D eigenvalue weighted by atomic mass is 9.89. The van der Waals surface area contributed by atoms with Crippen LogP contribution >= 0.6 is 27.7 Å². The van der Waals surface area contributed by atoms with Gasteiger partial charge in [0.1, 0.15) is 11.9 Å². The maximum atomic E-state index is 6.32.